The fraction of sp³-hybridized carbons (Fsp3) is 0.429. The van der Waals surface area contributed by atoms with Gasteiger partial charge in [0.15, 0.2) is 0 Å². The fourth-order valence-corrected chi connectivity index (χ4v) is 12.8. The van der Waals surface area contributed by atoms with Crippen molar-refractivity contribution in [3.05, 3.63) is 40.4 Å². The molecule has 0 aliphatic heterocycles. The molecule has 2 rings (SSSR count). The monoisotopic (exact) mass is 356 g/mol. The van der Waals surface area contributed by atoms with Crippen LogP contribution in [0, 0.1) is 0 Å². The van der Waals surface area contributed by atoms with E-state index in [0.29, 0.717) is 0 Å². The van der Waals surface area contributed by atoms with Gasteiger partial charge in [0, 0.05) is 0 Å². The Morgan fingerprint density at radius 2 is 1.68 bits per heavy atom. The Bertz CT molecular complexity index is 696. The van der Waals surface area contributed by atoms with Crippen molar-refractivity contribution in [2.45, 2.75) is 32.6 Å². The zero-order valence-corrected chi connectivity index (χ0v) is 17.3. The standard InChI is InChI=1S/C5H5.C4H4N.5CH3.2ClH.H2Si.Ti/c2*1-2-4-5-3-1;;;;;;;;;/h1-3H,4H2;1-3,5H;5*1H3;2*1H;1H2;. The SMILES string of the molecule is Cl.Cl.[CH3][Ti]([CH3])([CH3])([CH3])([CH3])(=[SiH2])([C]1=CC=CC1)[c]1ccc[nH]1. The van der Waals surface area contributed by atoms with E-state index in [1.807, 2.05) is 0 Å². The summed E-state index contributed by atoms with van der Waals surface area (Å²) in [6.07, 6.45) is 9.96. The van der Waals surface area contributed by atoms with Crippen molar-refractivity contribution < 1.29 is 10.2 Å². The van der Waals surface area contributed by atoms with E-state index in [1.54, 1.807) is 3.88 Å². The van der Waals surface area contributed by atoms with E-state index < -0.39 is 10.2 Å². The second kappa shape index (κ2) is 3.05. The molecule has 1 heterocycles. The van der Waals surface area contributed by atoms with Crippen LogP contribution in [0.25, 0.3) is 0 Å². The molecule has 1 aromatic rings. The Morgan fingerprint density at radius 3 is 2.05 bits per heavy atom. The maximum atomic E-state index is 3.53. The van der Waals surface area contributed by atoms with Crippen molar-refractivity contribution >= 4 is 36.4 Å². The second-order valence-electron chi connectivity index (χ2n) is 12.2. The van der Waals surface area contributed by atoms with E-state index in [9.17, 15) is 0 Å². The molecule has 1 aliphatic rings. The third-order valence-corrected chi connectivity index (χ3v) is 21.0. The van der Waals surface area contributed by atoms with Crippen LogP contribution in [-0.2, 0) is 10.2 Å². The predicted molar refractivity (Wildman–Crippen MR) is 94.6 cm³/mol. The molecule has 1 nitrogen and oxygen atoms in total. The molecule has 0 saturated heterocycles. The van der Waals surface area contributed by atoms with Gasteiger partial charge in [-0.25, -0.2) is 0 Å². The van der Waals surface area contributed by atoms with Crippen LogP contribution in [0.4, 0.5) is 0 Å². The van der Waals surface area contributed by atoms with E-state index in [1.165, 1.54) is 4.00 Å². The Hall–Kier alpha value is 0.271. The number of hydrogen-bond donors (Lipinski definition) is 1. The van der Waals surface area contributed by atoms with Gasteiger partial charge in [0.25, 0.3) is 0 Å². The first-order valence-corrected chi connectivity index (χ1v) is 20.0. The molecule has 19 heavy (non-hydrogen) atoms. The first-order chi connectivity index (χ1) is 7.16. The molecule has 0 atom stereocenters. The third kappa shape index (κ3) is 2.71. The van der Waals surface area contributed by atoms with Crippen molar-refractivity contribution in [2.75, 3.05) is 0 Å². The van der Waals surface area contributed by atoms with E-state index in [-0.39, 0.29) is 24.8 Å². The molecule has 0 fully saturated rings. The first-order valence-electron chi connectivity index (χ1n) is 6.56. The van der Waals surface area contributed by atoms with Gasteiger partial charge in [0.1, 0.15) is 0 Å². The molecule has 0 amide bonds. The van der Waals surface area contributed by atoms with Crippen LogP contribution in [0.5, 0.6) is 0 Å². The normalized spacial score (nSPS) is 22.7. The number of nitrogens with one attached hydrogen (secondary N) is 1. The topological polar surface area (TPSA) is 15.8 Å². The molecule has 0 radical (unpaired) electrons. The number of aromatic amines is 1. The molecule has 111 valence electrons. The van der Waals surface area contributed by atoms with Crippen molar-refractivity contribution in [2.24, 2.45) is 0 Å². The van der Waals surface area contributed by atoms with Crippen LogP contribution >= 0.6 is 24.8 Å². The quantitative estimate of drug-likeness (QED) is 0.755. The molecular weight excluding hydrogens is 329 g/mol. The van der Waals surface area contributed by atoms with Crippen LogP contribution in [0.1, 0.15) is 6.42 Å². The van der Waals surface area contributed by atoms with Crippen LogP contribution in [0.3, 0.4) is 0 Å². The Kier molecular flexibility index (Phi) is 3.09. The van der Waals surface area contributed by atoms with Crippen LogP contribution in [-0.4, -0.2) is 12.6 Å². The molecule has 1 aliphatic carbocycles. The van der Waals surface area contributed by atoms with E-state index in [2.05, 4.69) is 75.3 Å². The van der Waals surface area contributed by atoms with Crippen molar-refractivity contribution in [3.63, 3.8) is 0 Å². The number of hydrogen-bond acceptors (Lipinski definition) is 0. The summed E-state index contributed by atoms with van der Waals surface area (Å²) in [5, 5.41) is 12.6. The number of rotatable bonds is 2. The Balaban J connectivity index is 0.00000162. The van der Waals surface area contributed by atoms with Gasteiger partial charge in [0.05, 0.1) is 0 Å². The van der Waals surface area contributed by atoms with Gasteiger partial charge in [-0.05, 0) is 0 Å². The fourth-order valence-electron chi connectivity index (χ4n) is 3.07. The van der Waals surface area contributed by atoms with E-state index in [0.717, 1.165) is 6.42 Å². The molecule has 0 unspecified atom stereocenters. The Labute approximate surface area is 124 Å². The number of aromatic nitrogens is 1. The summed E-state index contributed by atoms with van der Waals surface area (Å²) in [6, 6.07) is 4.39. The molecule has 1 N–H and O–H groups in total. The van der Waals surface area contributed by atoms with Gasteiger partial charge in [-0.15, -0.1) is 24.8 Å². The summed E-state index contributed by atoms with van der Waals surface area (Å²) in [5.74, 6) is 0. The van der Waals surface area contributed by atoms with Gasteiger partial charge in [-0.3, -0.25) is 0 Å². The summed E-state index contributed by atoms with van der Waals surface area (Å²) in [6.45, 7) is 0. The number of halogens is 2. The van der Waals surface area contributed by atoms with Crippen molar-refractivity contribution in [1.29, 1.82) is 0 Å². The molecule has 0 saturated carbocycles. The number of H-pyrrole nitrogens is 1. The van der Waals surface area contributed by atoms with Crippen LogP contribution in [0.2, 0.25) is 26.1 Å². The van der Waals surface area contributed by atoms with E-state index >= 15 is 0 Å². The molecule has 1 aromatic heterocycles. The molecule has 0 bridgehead atoms. The minimum atomic E-state index is -4.27. The summed E-state index contributed by atoms with van der Waals surface area (Å²) in [5.41, 5.74) is 0. The predicted octanol–water partition coefficient (Wildman–Crippen LogP) is 4.41. The zero-order valence-electron chi connectivity index (χ0n) is 12.7. The maximum absolute atomic E-state index is 4.27. The molecular formula is C14H28Cl2NSiTi. The van der Waals surface area contributed by atoms with Gasteiger partial charge in [0.2, 0.25) is 0 Å². The summed E-state index contributed by atoms with van der Waals surface area (Å²) >= 11 is 0. The van der Waals surface area contributed by atoms with Crippen LogP contribution in [0.15, 0.2) is 40.4 Å². The average Bonchev–Trinajstić information content (AvgIpc) is 2.76. The van der Waals surface area contributed by atoms with Crippen LogP contribution < -0.4 is 4.00 Å². The van der Waals surface area contributed by atoms with Gasteiger partial charge < -0.3 is 0 Å². The Morgan fingerprint density at radius 1 is 1.11 bits per heavy atom. The summed E-state index contributed by atoms with van der Waals surface area (Å²) in [7, 11) is -2.03. The second-order valence-corrected chi connectivity index (χ2v) is 61.9. The number of allylic oxidation sites excluding steroid dienone is 4. The summed E-state index contributed by atoms with van der Waals surface area (Å²) < 4.78 is 3.00. The van der Waals surface area contributed by atoms with Crippen molar-refractivity contribution in [3.8, 4) is 0 Å². The molecule has 5 heteroatoms. The van der Waals surface area contributed by atoms with Gasteiger partial charge in [-0.1, -0.05) is 0 Å². The van der Waals surface area contributed by atoms with Gasteiger partial charge >= 0.3 is 99.8 Å². The van der Waals surface area contributed by atoms with Crippen molar-refractivity contribution in [1.82, 2.24) is 4.98 Å². The summed E-state index contributed by atoms with van der Waals surface area (Å²) in [4.78, 5) is 3.53. The van der Waals surface area contributed by atoms with Gasteiger partial charge in [-0.2, -0.15) is 0 Å². The zero-order chi connectivity index (χ0) is 13.2. The minimum absolute atomic E-state index is 0. The molecule has 0 spiro atoms. The van der Waals surface area contributed by atoms with E-state index in [4.69, 9.17) is 0 Å². The molecule has 0 aromatic carbocycles. The average molecular weight is 357 g/mol. The first kappa shape index (κ1) is 19.3. The third-order valence-electron chi connectivity index (χ3n) is 5.03.